The van der Waals surface area contributed by atoms with Crippen LogP contribution in [0.4, 0.5) is 13.2 Å². The zero-order valence-corrected chi connectivity index (χ0v) is 20.7. The Kier molecular flexibility index (Phi) is 12.4. The number of hydrogen-bond acceptors (Lipinski definition) is 5. The molecule has 2 aromatic rings. The van der Waals surface area contributed by atoms with Crippen LogP contribution in [0, 0.1) is 10.8 Å². The average molecular weight is 592 g/mol. The highest BCUT2D eigenvalue weighted by Crippen LogP contribution is 2.38. The van der Waals surface area contributed by atoms with E-state index >= 15 is 0 Å². The van der Waals surface area contributed by atoms with E-state index < -0.39 is 11.7 Å². The van der Waals surface area contributed by atoms with Gasteiger partial charge in [-0.05, 0) is 35.4 Å². The second-order valence-electron chi connectivity index (χ2n) is 5.34. The molecule has 0 atom stereocenters. The molecule has 6 N–H and O–H groups in total. The van der Waals surface area contributed by atoms with Gasteiger partial charge < -0.3 is 11.5 Å². The Labute approximate surface area is 200 Å². The van der Waals surface area contributed by atoms with E-state index in [-0.39, 0.29) is 50.1 Å². The third-order valence-electron chi connectivity index (χ3n) is 3.35. The first-order valence-electron chi connectivity index (χ1n) is 7.56. The largest absolute Gasteiger partial charge is 0.416 e. The highest BCUT2D eigenvalue weighted by atomic mass is 79.9. The zero-order chi connectivity index (χ0) is 20.0. The summed E-state index contributed by atoms with van der Waals surface area (Å²) in [6.07, 6.45) is -4.44. The van der Waals surface area contributed by atoms with Crippen molar-refractivity contribution in [3.8, 4) is 0 Å². The summed E-state index contributed by atoms with van der Waals surface area (Å²) in [5.41, 5.74) is 11.4. The van der Waals surface area contributed by atoms with E-state index in [1.165, 1.54) is 29.6 Å². The minimum absolute atomic E-state index is 0. The standard InChI is InChI=1S/C17H17F3N4S3.2BrH/c18-17(19,20)12-5-6-14(11(7-12)9-26-16(23)24)27-13-4-2-1-3-10(13)8-25-15(21)22;;/h1-7H,8-9H2,(H3,21,22)(H3,23,24);2*1H. The van der Waals surface area contributed by atoms with Gasteiger partial charge in [-0.25, -0.2) is 0 Å². The summed E-state index contributed by atoms with van der Waals surface area (Å²) < 4.78 is 39.2. The highest BCUT2D eigenvalue weighted by Gasteiger charge is 2.31. The Morgan fingerprint density at radius 2 is 1.34 bits per heavy atom. The number of nitrogens with two attached hydrogens (primary N) is 2. The van der Waals surface area contributed by atoms with Crippen LogP contribution in [-0.4, -0.2) is 10.3 Å². The number of halogens is 5. The molecule has 0 radical (unpaired) electrons. The predicted molar refractivity (Wildman–Crippen MR) is 129 cm³/mol. The van der Waals surface area contributed by atoms with Crippen molar-refractivity contribution in [1.82, 2.24) is 0 Å². The lowest BCUT2D eigenvalue weighted by atomic mass is 10.1. The lowest BCUT2D eigenvalue weighted by molar-refractivity contribution is -0.137. The van der Waals surface area contributed by atoms with E-state index in [2.05, 4.69) is 0 Å². The molecule has 12 heteroatoms. The van der Waals surface area contributed by atoms with E-state index in [1.54, 1.807) is 0 Å². The van der Waals surface area contributed by atoms with Crippen LogP contribution in [0.2, 0.25) is 0 Å². The van der Waals surface area contributed by atoms with Crippen LogP contribution >= 0.6 is 69.2 Å². The fourth-order valence-electron chi connectivity index (χ4n) is 2.12. The molecule has 0 aromatic heterocycles. The van der Waals surface area contributed by atoms with Crippen molar-refractivity contribution in [2.45, 2.75) is 27.5 Å². The topological polar surface area (TPSA) is 99.7 Å². The Balaban J connectivity index is 0.00000392. The molecule has 2 aromatic carbocycles. The fourth-order valence-corrected chi connectivity index (χ4v) is 4.47. The molecule has 160 valence electrons. The van der Waals surface area contributed by atoms with Gasteiger partial charge in [0.15, 0.2) is 10.3 Å². The second kappa shape index (κ2) is 12.8. The van der Waals surface area contributed by atoms with Crippen LogP contribution in [0.15, 0.2) is 52.3 Å². The van der Waals surface area contributed by atoms with Crippen molar-refractivity contribution < 1.29 is 13.2 Å². The van der Waals surface area contributed by atoms with E-state index in [4.69, 9.17) is 22.3 Å². The summed E-state index contributed by atoms with van der Waals surface area (Å²) in [4.78, 5) is 1.54. The molecular weight excluding hydrogens is 573 g/mol. The van der Waals surface area contributed by atoms with E-state index in [9.17, 15) is 13.2 Å². The first-order chi connectivity index (χ1) is 12.7. The number of amidine groups is 2. The second-order valence-corrected chi connectivity index (χ2v) is 8.45. The molecule has 4 nitrogen and oxygen atoms in total. The molecule has 2 rings (SSSR count). The summed E-state index contributed by atoms with van der Waals surface area (Å²) >= 11 is 3.51. The maximum Gasteiger partial charge on any atom is 0.416 e. The van der Waals surface area contributed by atoms with Crippen LogP contribution in [0.3, 0.4) is 0 Å². The summed E-state index contributed by atoms with van der Waals surface area (Å²) in [5, 5.41) is 14.5. The smallest absolute Gasteiger partial charge is 0.379 e. The summed E-state index contributed by atoms with van der Waals surface area (Å²) in [7, 11) is 0. The van der Waals surface area contributed by atoms with E-state index in [0.29, 0.717) is 16.2 Å². The first-order valence-corrected chi connectivity index (χ1v) is 10.3. The molecular formula is C17H19Br2F3N4S3. The van der Waals surface area contributed by atoms with Crippen molar-refractivity contribution in [3.05, 3.63) is 59.2 Å². The lowest BCUT2D eigenvalue weighted by Gasteiger charge is -2.15. The minimum atomic E-state index is -4.44. The number of benzene rings is 2. The normalized spacial score (nSPS) is 10.6. The van der Waals surface area contributed by atoms with Crippen LogP contribution < -0.4 is 11.5 Å². The van der Waals surface area contributed by atoms with Gasteiger partial charge in [-0.3, -0.25) is 10.8 Å². The van der Waals surface area contributed by atoms with Crippen molar-refractivity contribution in [3.63, 3.8) is 0 Å². The molecule has 0 heterocycles. The number of nitrogens with one attached hydrogen (secondary N) is 2. The number of alkyl halides is 3. The molecule has 0 bridgehead atoms. The van der Waals surface area contributed by atoms with Gasteiger partial charge in [-0.2, -0.15) is 13.2 Å². The molecule has 0 saturated carbocycles. The summed E-state index contributed by atoms with van der Waals surface area (Å²) in [6.45, 7) is 0. The number of thioether (sulfide) groups is 2. The SMILES string of the molecule is Br.Br.N=C(N)SCc1ccccc1Sc1ccc(C(F)(F)F)cc1CSC(=N)N. The van der Waals surface area contributed by atoms with Crippen molar-refractivity contribution >= 4 is 79.6 Å². The molecule has 0 aliphatic rings. The summed E-state index contributed by atoms with van der Waals surface area (Å²) in [6, 6.07) is 11.1. The van der Waals surface area contributed by atoms with Crippen molar-refractivity contribution in [1.29, 1.82) is 10.8 Å². The summed E-state index contributed by atoms with van der Waals surface area (Å²) in [5.74, 6) is 0.669. The van der Waals surface area contributed by atoms with Gasteiger partial charge in [0, 0.05) is 21.3 Å². The van der Waals surface area contributed by atoms with Gasteiger partial charge in [0.1, 0.15) is 0 Å². The lowest BCUT2D eigenvalue weighted by Crippen LogP contribution is -2.07. The minimum Gasteiger partial charge on any atom is -0.379 e. The van der Waals surface area contributed by atoms with Gasteiger partial charge >= 0.3 is 6.18 Å². The van der Waals surface area contributed by atoms with Crippen LogP contribution in [0.5, 0.6) is 0 Å². The van der Waals surface area contributed by atoms with Crippen molar-refractivity contribution in [2.24, 2.45) is 11.5 Å². The van der Waals surface area contributed by atoms with Gasteiger partial charge in [-0.15, -0.1) is 34.0 Å². The van der Waals surface area contributed by atoms with Gasteiger partial charge in [0.25, 0.3) is 0 Å². The number of rotatable bonds is 6. The third kappa shape index (κ3) is 9.24. The molecule has 0 fully saturated rings. The maximum absolute atomic E-state index is 13.1. The van der Waals surface area contributed by atoms with Crippen LogP contribution in [0.1, 0.15) is 16.7 Å². The Morgan fingerprint density at radius 1 is 0.828 bits per heavy atom. The van der Waals surface area contributed by atoms with Crippen molar-refractivity contribution in [2.75, 3.05) is 0 Å². The van der Waals surface area contributed by atoms with Crippen LogP contribution in [-0.2, 0) is 17.7 Å². The van der Waals surface area contributed by atoms with Crippen LogP contribution in [0.25, 0.3) is 0 Å². The fraction of sp³-hybridized carbons (Fsp3) is 0.176. The third-order valence-corrected chi connectivity index (χ3v) is 6.12. The first kappa shape index (κ1) is 28.2. The molecule has 29 heavy (non-hydrogen) atoms. The molecule has 0 spiro atoms. The average Bonchev–Trinajstić information content (AvgIpc) is 2.59. The highest BCUT2D eigenvalue weighted by molar-refractivity contribution is 8.93. The van der Waals surface area contributed by atoms with E-state index in [1.807, 2.05) is 24.3 Å². The molecule has 0 amide bonds. The predicted octanol–water partition coefficient (Wildman–Crippen LogP) is 6.27. The Hall–Kier alpha value is -0.820. The van der Waals surface area contributed by atoms with Gasteiger partial charge in [0.05, 0.1) is 5.56 Å². The van der Waals surface area contributed by atoms with Gasteiger partial charge in [-0.1, -0.05) is 53.5 Å². The molecule has 0 aliphatic carbocycles. The molecule has 0 saturated heterocycles. The maximum atomic E-state index is 13.1. The quantitative estimate of drug-likeness (QED) is 0.234. The Morgan fingerprint density at radius 3 is 1.90 bits per heavy atom. The van der Waals surface area contributed by atoms with Gasteiger partial charge in [0.2, 0.25) is 0 Å². The Bertz CT molecular complexity index is 851. The molecule has 0 unspecified atom stereocenters. The monoisotopic (exact) mass is 590 g/mol. The molecule has 0 aliphatic heterocycles. The number of hydrogen-bond donors (Lipinski definition) is 4. The van der Waals surface area contributed by atoms with E-state index in [0.717, 1.165) is 34.4 Å². The zero-order valence-electron chi connectivity index (χ0n) is 14.8.